The van der Waals surface area contributed by atoms with E-state index in [1.807, 2.05) is 56.5 Å². The van der Waals surface area contributed by atoms with E-state index in [1.165, 1.54) is 0 Å². The van der Waals surface area contributed by atoms with E-state index in [2.05, 4.69) is 29.4 Å². The van der Waals surface area contributed by atoms with Gasteiger partial charge in [0, 0.05) is 48.5 Å². The summed E-state index contributed by atoms with van der Waals surface area (Å²) in [5, 5.41) is 15.8. The fourth-order valence-corrected chi connectivity index (χ4v) is 6.69. The quantitative estimate of drug-likeness (QED) is 0.445. The predicted molar refractivity (Wildman–Crippen MR) is 140 cm³/mol. The maximum atomic E-state index is 14.3. The van der Waals surface area contributed by atoms with E-state index >= 15 is 0 Å². The van der Waals surface area contributed by atoms with Gasteiger partial charge in [0.15, 0.2) is 5.78 Å². The van der Waals surface area contributed by atoms with Crippen LogP contribution >= 0.6 is 0 Å². The van der Waals surface area contributed by atoms with Crippen molar-refractivity contribution in [3.63, 3.8) is 0 Å². The number of benzene rings is 1. The van der Waals surface area contributed by atoms with Crippen LogP contribution in [0.25, 0.3) is 10.9 Å². The number of fused-ring (bicyclic) bond motifs is 1. The Kier molecular flexibility index (Phi) is 6.52. The first kappa shape index (κ1) is 24.7. The second-order valence-electron chi connectivity index (χ2n) is 10.8. The molecule has 1 fully saturated rings. The first-order valence-electron chi connectivity index (χ1n) is 12.9. The van der Waals surface area contributed by atoms with Crippen molar-refractivity contribution < 1.29 is 19.4 Å². The van der Waals surface area contributed by atoms with Gasteiger partial charge in [-0.15, -0.1) is 0 Å². The van der Waals surface area contributed by atoms with Crippen molar-refractivity contribution >= 4 is 22.6 Å². The Bertz CT molecular complexity index is 1270. The number of Topliss-reactive ketones (excluding diaryl/α,β-unsaturated/α-hetero) is 1. The van der Waals surface area contributed by atoms with Crippen LogP contribution in [0, 0.1) is 23.2 Å². The third-order valence-corrected chi connectivity index (χ3v) is 8.75. The van der Waals surface area contributed by atoms with Crippen LogP contribution in [0.3, 0.4) is 0 Å². The van der Waals surface area contributed by atoms with Crippen molar-refractivity contribution in [2.45, 2.75) is 58.3 Å². The highest BCUT2D eigenvalue weighted by molar-refractivity contribution is 6.10. The number of ketones is 1. The third-order valence-electron chi connectivity index (χ3n) is 8.75. The van der Waals surface area contributed by atoms with Crippen molar-refractivity contribution in [3.05, 3.63) is 71.5 Å². The number of carbonyl (C=O) groups is 2. The molecule has 1 spiro atoms. The zero-order chi connectivity index (χ0) is 25.6. The van der Waals surface area contributed by atoms with Crippen LogP contribution < -0.4 is 5.32 Å². The second-order valence-corrected chi connectivity index (χ2v) is 10.8. The SMILES string of the molecule is CO[C@@H]1/C=C\[C@@H](C)C/C=C/[C@H]2[C@H](O)C(C)=C(C)[C@H]3[C@H](Cc4c[nH]c5ccccc45)NC(=O)[C@@]23C(=O)C1. The average Bonchev–Trinajstić information content (AvgIpc) is 3.40. The molecule has 0 radical (unpaired) electrons. The second kappa shape index (κ2) is 9.49. The van der Waals surface area contributed by atoms with Gasteiger partial charge in [0.05, 0.1) is 12.2 Å². The molecule has 2 aliphatic carbocycles. The number of carbonyl (C=O) groups excluding carboxylic acids is 2. The number of allylic oxidation sites excluding steroid dienone is 2. The summed E-state index contributed by atoms with van der Waals surface area (Å²) in [5.41, 5.74) is 2.55. The molecular formula is C30H36N2O4. The first-order chi connectivity index (χ1) is 17.3. The number of methoxy groups -OCH3 is 1. The molecule has 1 amide bonds. The van der Waals surface area contributed by atoms with E-state index < -0.39 is 23.5 Å². The fourth-order valence-electron chi connectivity index (χ4n) is 6.69. The molecule has 6 nitrogen and oxygen atoms in total. The van der Waals surface area contributed by atoms with Crippen molar-refractivity contribution in [2.24, 2.45) is 23.2 Å². The van der Waals surface area contributed by atoms with Gasteiger partial charge in [-0.05, 0) is 49.8 Å². The van der Waals surface area contributed by atoms with Crippen LogP contribution in [-0.4, -0.2) is 47.1 Å². The van der Waals surface area contributed by atoms with E-state index in [0.717, 1.165) is 34.0 Å². The number of H-pyrrole nitrogens is 1. The molecule has 0 bridgehead atoms. The maximum Gasteiger partial charge on any atom is 0.235 e. The van der Waals surface area contributed by atoms with E-state index in [0.29, 0.717) is 6.42 Å². The molecule has 5 rings (SSSR count). The number of aromatic amines is 1. The lowest BCUT2D eigenvalue weighted by molar-refractivity contribution is -0.148. The van der Waals surface area contributed by atoms with Crippen LogP contribution in [0.1, 0.15) is 39.2 Å². The number of hydrogen-bond donors (Lipinski definition) is 3. The van der Waals surface area contributed by atoms with E-state index in [-0.39, 0.29) is 36.0 Å². The molecule has 0 unspecified atom stereocenters. The van der Waals surface area contributed by atoms with Crippen molar-refractivity contribution in [1.29, 1.82) is 0 Å². The average molecular weight is 489 g/mol. The lowest BCUT2D eigenvalue weighted by Crippen LogP contribution is -2.56. The number of aliphatic hydroxyl groups is 1. The predicted octanol–water partition coefficient (Wildman–Crippen LogP) is 4.26. The van der Waals surface area contributed by atoms with Gasteiger partial charge < -0.3 is 20.1 Å². The number of amides is 1. The lowest BCUT2D eigenvalue weighted by Gasteiger charge is -2.46. The number of rotatable bonds is 3. The minimum Gasteiger partial charge on any atom is -0.388 e. The van der Waals surface area contributed by atoms with Crippen molar-refractivity contribution in [2.75, 3.05) is 7.11 Å². The minimum atomic E-state index is -1.38. The molecule has 1 saturated heterocycles. The molecule has 3 aliphatic rings. The van der Waals surface area contributed by atoms with Crippen LogP contribution in [0.15, 0.2) is 65.9 Å². The number of aliphatic hydroxyl groups excluding tert-OH is 1. The standard InChI is InChI=1S/C30H36N2O4/c1-17-8-7-10-23-28(34)19(3)18(2)27-25(14-20-16-31-24-11-6-5-9-22(20)24)32-29(35)30(23,27)26(33)15-21(36-4)13-12-17/h5-7,9-13,16-17,21,23,25,27-28,31,34H,8,14-15H2,1-4H3,(H,32,35)/b10-7+,13-12-/t17-,21+,23-,25-,27-,28+,30+/m0/s1. The van der Waals surface area contributed by atoms with E-state index in [9.17, 15) is 14.7 Å². The number of nitrogens with one attached hydrogen (secondary N) is 2. The molecule has 7 atom stereocenters. The minimum absolute atomic E-state index is 0.0901. The maximum absolute atomic E-state index is 14.3. The van der Waals surface area contributed by atoms with Gasteiger partial charge >= 0.3 is 0 Å². The summed E-state index contributed by atoms with van der Waals surface area (Å²) in [6.45, 7) is 6.01. The summed E-state index contributed by atoms with van der Waals surface area (Å²) in [7, 11) is 1.59. The molecule has 36 heavy (non-hydrogen) atoms. The summed E-state index contributed by atoms with van der Waals surface area (Å²) in [5.74, 6) is -1.18. The Morgan fingerprint density at radius 2 is 1.89 bits per heavy atom. The summed E-state index contributed by atoms with van der Waals surface area (Å²) in [6.07, 6.45) is 10.1. The number of hydrogen-bond acceptors (Lipinski definition) is 4. The van der Waals surface area contributed by atoms with Crippen LogP contribution in [0.2, 0.25) is 0 Å². The van der Waals surface area contributed by atoms with Gasteiger partial charge in [-0.2, -0.15) is 0 Å². The van der Waals surface area contributed by atoms with Crippen LogP contribution in [0.4, 0.5) is 0 Å². The van der Waals surface area contributed by atoms with Gasteiger partial charge in [0.1, 0.15) is 5.41 Å². The molecule has 190 valence electrons. The highest BCUT2D eigenvalue weighted by atomic mass is 16.5. The molecule has 3 N–H and O–H groups in total. The normalized spacial score (nSPS) is 36.7. The highest BCUT2D eigenvalue weighted by Gasteiger charge is 2.66. The van der Waals surface area contributed by atoms with Crippen molar-refractivity contribution in [1.82, 2.24) is 10.3 Å². The Hall–Kier alpha value is -2.96. The number of aromatic nitrogens is 1. The zero-order valence-electron chi connectivity index (χ0n) is 21.5. The number of ether oxygens (including phenoxy) is 1. The van der Waals surface area contributed by atoms with Gasteiger partial charge in [-0.3, -0.25) is 9.59 Å². The van der Waals surface area contributed by atoms with E-state index in [4.69, 9.17) is 4.74 Å². The van der Waals surface area contributed by atoms with Gasteiger partial charge in [0.2, 0.25) is 5.91 Å². The summed E-state index contributed by atoms with van der Waals surface area (Å²) in [4.78, 5) is 31.6. The topological polar surface area (TPSA) is 91.4 Å². The van der Waals surface area contributed by atoms with Gasteiger partial charge in [-0.25, -0.2) is 0 Å². The fraction of sp³-hybridized carbons (Fsp3) is 0.467. The molecule has 0 saturated carbocycles. The zero-order valence-corrected chi connectivity index (χ0v) is 21.5. The number of para-hydroxylation sites is 1. The molecule has 1 aromatic carbocycles. The lowest BCUT2D eigenvalue weighted by atomic mass is 9.54. The summed E-state index contributed by atoms with van der Waals surface area (Å²) < 4.78 is 5.64. The van der Waals surface area contributed by atoms with Gasteiger partial charge in [-0.1, -0.05) is 55.0 Å². The van der Waals surface area contributed by atoms with E-state index in [1.54, 1.807) is 7.11 Å². The molecule has 2 heterocycles. The van der Waals surface area contributed by atoms with Crippen LogP contribution in [0.5, 0.6) is 0 Å². The smallest absolute Gasteiger partial charge is 0.235 e. The molecular weight excluding hydrogens is 452 g/mol. The van der Waals surface area contributed by atoms with Crippen molar-refractivity contribution in [3.8, 4) is 0 Å². The molecule has 1 aliphatic heterocycles. The Balaban J connectivity index is 1.64. The monoisotopic (exact) mass is 488 g/mol. The Morgan fingerprint density at radius 3 is 2.67 bits per heavy atom. The molecule has 1 aromatic heterocycles. The van der Waals surface area contributed by atoms with Gasteiger partial charge in [0.25, 0.3) is 0 Å². The molecule has 6 heteroatoms. The Labute approximate surface area is 212 Å². The summed E-state index contributed by atoms with van der Waals surface area (Å²) in [6, 6.07) is 7.85. The van der Waals surface area contributed by atoms with Crippen LogP contribution in [-0.2, 0) is 20.7 Å². The third kappa shape index (κ3) is 3.78. The molecule has 2 aromatic rings. The first-order valence-corrected chi connectivity index (χ1v) is 12.9. The summed E-state index contributed by atoms with van der Waals surface area (Å²) >= 11 is 0. The largest absolute Gasteiger partial charge is 0.388 e. The highest BCUT2D eigenvalue weighted by Crippen LogP contribution is 2.55. The Morgan fingerprint density at radius 1 is 1.11 bits per heavy atom.